The molecule has 0 saturated heterocycles. The van der Waals surface area contributed by atoms with E-state index in [2.05, 4.69) is 43.4 Å². The highest BCUT2D eigenvalue weighted by molar-refractivity contribution is 9.11. The van der Waals surface area contributed by atoms with Gasteiger partial charge in [-0.25, -0.2) is 4.99 Å². The van der Waals surface area contributed by atoms with E-state index in [0.29, 0.717) is 32.5 Å². The topological polar surface area (TPSA) is 93.9 Å². The molecule has 0 heterocycles. The van der Waals surface area contributed by atoms with Crippen LogP contribution in [0.1, 0.15) is 11.1 Å². The number of phenols is 1. The van der Waals surface area contributed by atoms with Crippen molar-refractivity contribution in [3.05, 3.63) is 75.3 Å². The van der Waals surface area contributed by atoms with E-state index >= 15 is 0 Å². The highest BCUT2D eigenvalue weighted by atomic mass is 79.9. The number of halogens is 2. The molecular formula is C19H19Br2N3O2. The Morgan fingerprint density at radius 3 is 2.50 bits per heavy atom. The number of benzene rings is 2. The minimum Gasteiger partial charge on any atom is -0.506 e. The van der Waals surface area contributed by atoms with Crippen LogP contribution >= 0.6 is 31.9 Å². The standard InChI is InChI=1S/C19H19Br2N3O2/c1-2-5-12-6-3-4-7-17(12)26-11-18(23)24-10-16(22)13-8-14(20)19(25)15(21)9-13/h2-4,6-10,25H,1,5,11,22H2,(H2,23,24)/b16-10-. The molecule has 2 rings (SSSR count). The molecule has 0 aliphatic carbocycles. The number of rotatable bonds is 7. The molecular weight excluding hydrogens is 462 g/mol. The van der Waals surface area contributed by atoms with Crippen molar-refractivity contribution in [2.24, 2.45) is 16.5 Å². The number of hydrogen-bond donors (Lipinski definition) is 3. The maximum absolute atomic E-state index is 9.75. The molecule has 0 amide bonds. The number of para-hydroxylation sites is 1. The zero-order valence-electron chi connectivity index (χ0n) is 14.0. The fraction of sp³-hybridized carbons (Fsp3) is 0.105. The minimum absolute atomic E-state index is 0.108. The predicted octanol–water partition coefficient (Wildman–Crippen LogP) is 4.34. The Hall–Kier alpha value is -2.25. The Bertz CT molecular complexity index is 841. The highest BCUT2D eigenvalue weighted by Gasteiger charge is 2.07. The van der Waals surface area contributed by atoms with Gasteiger partial charge >= 0.3 is 0 Å². The van der Waals surface area contributed by atoms with Crippen LogP contribution in [0.3, 0.4) is 0 Å². The van der Waals surface area contributed by atoms with E-state index in [-0.39, 0.29) is 12.4 Å². The van der Waals surface area contributed by atoms with E-state index in [4.69, 9.17) is 16.2 Å². The van der Waals surface area contributed by atoms with Crippen molar-refractivity contribution in [3.63, 3.8) is 0 Å². The normalized spacial score (nSPS) is 12.1. The van der Waals surface area contributed by atoms with Crippen LogP contribution in [-0.4, -0.2) is 17.5 Å². The maximum Gasteiger partial charge on any atom is 0.145 e. The van der Waals surface area contributed by atoms with Crippen molar-refractivity contribution in [2.75, 3.05) is 6.61 Å². The number of aromatic hydroxyl groups is 1. The highest BCUT2D eigenvalue weighted by Crippen LogP contribution is 2.34. The van der Waals surface area contributed by atoms with Gasteiger partial charge in [0, 0.05) is 5.56 Å². The SMILES string of the molecule is C=CCc1ccccc1OCC(N)=N/C=C(\N)c1cc(Br)c(O)c(Br)c1. The van der Waals surface area contributed by atoms with Gasteiger partial charge in [-0.05, 0) is 62.0 Å². The second-order valence-electron chi connectivity index (χ2n) is 5.38. The summed E-state index contributed by atoms with van der Waals surface area (Å²) in [6.07, 6.45) is 3.99. The third kappa shape index (κ3) is 5.37. The van der Waals surface area contributed by atoms with E-state index in [1.807, 2.05) is 30.3 Å². The number of nitrogens with zero attached hydrogens (tertiary/aromatic N) is 1. The predicted molar refractivity (Wildman–Crippen MR) is 113 cm³/mol. The van der Waals surface area contributed by atoms with Gasteiger partial charge in [0.05, 0.1) is 20.8 Å². The number of phenolic OH excluding ortho intramolecular Hbond substituents is 1. The fourth-order valence-corrected chi connectivity index (χ4v) is 3.30. The Balaban J connectivity index is 2.08. The van der Waals surface area contributed by atoms with Gasteiger partial charge < -0.3 is 21.3 Å². The first kappa shape index (κ1) is 20.1. The summed E-state index contributed by atoms with van der Waals surface area (Å²) in [6, 6.07) is 11.1. The lowest BCUT2D eigenvalue weighted by Gasteiger charge is -2.10. The van der Waals surface area contributed by atoms with E-state index < -0.39 is 0 Å². The Kier molecular flexibility index (Phi) is 7.29. The lowest BCUT2D eigenvalue weighted by Crippen LogP contribution is -2.21. The molecule has 7 heteroatoms. The second-order valence-corrected chi connectivity index (χ2v) is 7.09. The molecule has 2 aromatic rings. The first-order valence-electron chi connectivity index (χ1n) is 7.70. The van der Waals surface area contributed by atoms with E-state index in [1.54, 1.807) is 12.1 Å². The Morgan fingerprint density at radius 1 is 1.19 bits per heavy atom. The maximum atomic E-state index is 9.75. The minimum atomic E-state index is 0.108. The summed E-state index contributed by atoms with van der Waals surface area (Å²) in [6.45, 7) is 3.88. The largest absolute Gasteiger partial charge is 0.506 e. The molecule has 5 N–H and O–H groups in total. The van der Waals surface area contributed by atoms with Crippen LogP contribution in [-0.2, 0) is 6.42 Å². The molecule has 5 nitrogen and oxygen atoms in total. The van der Waals surface area contributed by atoms with Crippen LogP contribution in [0, 0.1) is 0 Å². The molecule has 0 aromatic heterocycles. The summed E-state index contributed by atoms with van der Waals surface area (Å²) in [5.74, 6) is 1.14. The summed E-state index contributed by atoms with van der Waals surface area (Å²) in [7, 11) is 0. The number of nitrogens with two attached hydrogens (primary N) is 2. The van der Waals surface area contributed by atoms with Gasteiger partial charge in [0.1, 0.15) is 23.9 Å². The molecule has 0 atom stereocenters. The van der Waals surface area contributed by atoms with Gasteiger partial charge in [-0.3, -0.25) is 0 Å². The first-order valence-corrected chi connectivity index (χ1v) is 9.28. The summed E-state index contributed by atoms with van der Waals surface area (Å²) < 4.78 is 6.77. The molecule has 0 unspecified atom stereocenters. The molecule has 0 bridgehead atoms. The number of aliphatic imine (C=N–C) groups is 1. The van der Waals surface area contributed by atoms with E-state index in [1.165, 1.54) is 6.20 Å². The molecule has 0 saturated carbocycles. The summed E-state index contributed by atoms with van der Waals surface area (Å²) in [5, 5.41) is 9.75. The third-order valence-corrected chi connectivity index (χ3v) is 4.64. The smallest absolute Gasteiger partial charge is 0.145 e. The summed E-state index contributed by atoms with van der Waals surface area (Å²) in [5.41, 5.74) is 14.1. The molecule has 0 spiro atoms. The van der Waals surface area contributed by atoms with Crippen LogP contribution in [0.4, 0.5) is 0 Å². The van der Waals surface area contributed by atoms with Gasteiger partial charge in [-0.1, -0.05) is 24.3 Å². The number of ether oxygens (including phenoxy) is 1. The zero-order chi connectivity index (χ0) is 19.1. The van der Waals surface area contributed by atoms with Gasteiger partial charge in [0.15, 0.2) is 0 Å². The first-order chi connectivity index (χ1) is 12.4. The zero-order valence-corrected chi connectivity index (χ0v) is 17.1. The van der Waals surface area contributed by atoms with Crippen LogP contribution in [0.15, 0.2) is 69.2 Å². The Morgan fingerprint density at radius 2 is 1.85 bits per heavy atom. The molecule has 0 radical (unpaired) electrons. The van der Waals surface area contributed by atoms with E-state index in [0.717, 1.165) is 11.3 Å². The van der Waals surface area contributed by atoms with Crippen LogP contribution in [0.2, 0.25) is 0 Å². The van der Waals surface area contributed by atoms with Crippen LogP contribution in [0.25, 0.3) is 5.70 Å². The van der Waals surface area contributed by atoms with Crippen molar-refractivity contribution in [3.8, 4) is 11.5 Å². The number of hydrogen-bond acceptors (Lipinski definition) is 4. The van der Waals surface area contributed by atoms with Crippen LogP contribution < -0.4 is 16.2 Å². The van der Waals surface area contributed by atoms with Gasteiger partial charge in [0.2, 0.25) is 0 Å². The summed E-state index contributed by atoms with van der Waals surface area (Å²) in [4.78, 5) is 4.14. The van der Waals surface area contributed by atoms with Crippen molar-refractivity contribution in [1.82, 2.24) is 0 Å². The van der Waals surface area contributed by atoms with Crippen molar-refractivity contribution < 1.29 is 9.84 Å². The van der Waals surface area contributed by atoms with Crippen molar-refractivity contribution in [1.29, 1.82) is 0 Å². The average Bonchev–Trinajstić information content (AvgIpc) is 2.63. The van der Waals surface area contributed by atoms with Gasteiger partial charge in [-0.15, -0.1) is 6.58 Å². The fourth-order valence-electron chi connectivity index (χ4n) is 2.12. The summed E-state index contributed by atoms with van der Waals surface area (Å²) >= 11 is 6.53. The molecule has 0 aliphatic rings. The lowest BCUT2D eigenvalue weighted by atomic mass is 10.1. The monoisotopic (exact) mass is 479 g/mol. The lowest BCUT2D eigenvalue weighted by molar-refractivity contribution is 0.372. The van der Waals surface area contributed by atoms with Crippen molar-refractivity contribution in [2.45, 2.75) is 6.42 Å². The van der Waals surface area contributed by atoms with Gasteiger partial charge in [0.25, 0.3) is 0 Å². The number of allylic oxidation sites excluding steroid dienone is 1. The Labute approximate surface area is 169 Å². The molecule has 0 fully saturated rings. The number of amidine groups is 1. The molecule has 26 heavy (non-hydrogen) atoms. The molecule has 0 aliphatic heterocycles. The van der Waals surface area contributed by atoms with Crippen LogP contribution in [0.5, 0.6) is 11.5 Å². The molecule has 136 valence electrons. The second kappa shape index (κ2) is 9.45. The molecule has 2 aromatic carbocycles. The van der Waals surface area contributed by atoms with E-state index in [9.17, 15) is 5.11 Å². The van der Waals surface area contributed by atoms with Crippen molar-refractivity contribution >= 4 is 43.4 Å². The quantitative estimate of drug-likeness (QED) is 0.312. The van der Waals surface area contributed by atoms with Gasteiger partial charge in [-0.2, -0.15) is 0 Å². The average molecular weight is 481 g/mol. The third-order valence-electron chi connectivity index (χ3n) is 3.43.